The molecule has 4 aromatic rings. The van der Waals surface area contributed by atoms with Crippen LogP contribution in [-0.2, 0) is 4.74 Å². The number of benzene rings is 2. The molecule has 0 saturated carbocycles. The molecule has 2 aromatic carbocycles. The van der Waals surface area contributed by atoms with E-state index < -0.39 is 0 Å². The first kappa shape index (κ1) is 14.9. The SMILES string of the molecule is c1ccc(Oc2csc3c2ccc2c3cnn2C2CCCCO2)cc1. The Morgan fingerprint density at radius 1 is 1.08 bits per heavy atom. The molecule has 0 amide bonds. The highest BCUT2D eigenvalue weighted by molar-refractivity contribution is 7.18. The average molecular weight is 350 g/mol. The van der Waals surface area contributed by atoms with Gasteiger partial charge in [-0.1, -0.05) is 18.2 Å². The first-order valence-corrected chi connectivity index (χ1v) is 9.50. The standard InChI is InChI=1S/C20H18N2O2S/c1-2-6-14(7-3-1)24-18-13-25-20-15(18)9-10-17-16(20)12-21-22(17)19-8-4-5-11-23-19/h1-3,6-7,9-10,12-13,19H,4-5,8,11H2. The van der Waals surface area contributed by atoms with Crippen molar-refractivity contribution in [3.8, 4) is 11.5 Å². The molecular formula is C20H18N2O2S. The van der Waals surface area contributed by atoms with Gasteiger partial charge < -0.3 is 9.47 Å². The summed E-state index contributed by atoms with van der Waals surface area (Å²) < 4.78 is 15.2. The molecule has 1 aliphatic rings. The highest BCUT2D eigenvalue weighted by Gasteiger charge is 2.20. The van der Waals surface area contributed by atoms with Crippen molar-refractivity contribution in [1.82, 2.24) is 9.78 Å². The molecule has 3 heterocycles. The van der Waals surface area contributed by atoms with Crippen molar-refractivity contribution in [3.63, 3.8) is 0 Å². The predicted octanol–water partition coefficient (Wildman–Crippen LogP) is 5.74. The number of ether oxygens (including phenoxy) is 2. The smallest absolute Gasteiger partial charge is 0.150 e. The lowest BCUT2D eigenvalue weighted by Crippen LogP contribution is -2.18. The summed E-state index contributed by atoms with van der Waals surface area (Å²) in [7, 11) is 0. The molecule has 1 unspecified atom stereocenters. The van der Waals surface area contributed by atoms with Crippen LogP contribution in [0, 0.1) is 0 Å². The molecule has 5 rings (SSSR count). The van der Waals surface area contributed by atoms with E-state index in [4.69, 9.17) is 9.47 Å². The first-order valence-electron chi connectivity index (χ1n) is 8.62. The van der Waals surface area contributed by atoms with Gasteiger partial charge in [0.2, 0.25) is 0 Å². The van der Waals surface area contributed by atoms with Crippen molar-refractivity contribution in [2.45, 2.75) is 25.5 Å². The van der Waals surface area contributed by atoms with Crippen molar-refractivity contribution in [2.75, 3.05) is 6.61 Å². The number of hydrogen-bond donors (Lipinski definition) is 0. The second-order valence-electron chi connectivity index (χ2n) is 6.30. The van der Waals surface area contributed by atoms with Crippen LogP contribution >= 0.6 is 11.3 Å². The maximum absolute atomic E-state index is 6.06. The fraction of sp³-hybridized carbons (Fsp3) is 0.250. The van der Waals surface area contributed by atoms with E-state index in [0.717, 1.165) is 41.9 Å². The normalized spacial score (nSPS) is 18.0. The van der Waals surface area contributed by atoms with Gasteiger partial charge in [0.05, 0.1) is 11.7 Å². The Hall–Kier alpha value is -2.37. The summed E-state index contributed by atoms with van der Waals surface area (Å²) in [4.78, 5) is 0. The van der Waals surface area contributed by atoms with Crippen LogP contribution in [0.25, 0.3) is 21.0 Å². The van der Waals surface area contributed by atoms with Gasteiger partial charge >= 0.3 is 0 Å². The average Bonchev–Trinajstić information content (AvgIpc) is 3.27. The molecule has 0 spiro atoms. The summed E-state index contributed by atoms with van der Waals surface area (Å²) in [6.07, 6.45) is 5.39. The molecule has 0 N–H and O–H groups in total. The van der Waals surface area contributed by atoms with Crippen LogP contribution in [-0.4, -0.2) is 16.4 Å². The lowest BCUT2D eigenvalue weighted by Gasteiger charge is -2.23. The van der Waals surface area contributed by atoms with Crippen molar-refractivity contribution in [2.24, 2.45) is 0 Å². The van der Waals surface area contributed by atoms with Gasteiger partial charge in [-0.2, -0.15) is 5.10 Å². The Kier molecular flexibility index (Phi) is 3.68. The van der Waals surface area contributed by atoms with E-state index in [0.29, 0.717) is 0 Å². The van der Waals surface area contributed by atoms with Crippen LogP contribution in [0.2, 0.25) is 0 Å². The molecule has 2 aromatic heterocycles. The second-order valence-corrected chi connectivity index (χ2v) is 7.18. The third-order valence-electron chi connectivity index (χ3n) is 4.68. The summed E-state index contributed by atoms with van der Waals surface area (Å²) in [5.74, 6) is 1.75. The molecule has 1 saturated heterocycles. The number of rotatable bonds is 3. The van der Waals surface area contributed by atoms with Crippen molar-refractivity contribution in [3.05, 3.63) is 54.0 Å². The van der Waals surface area contributed by atoms with E-state index in [1.165, 1.54) is 16.5 Å². The molecule has 1 aliphatic heterocycles. The van der Waals surface area contributed by atoms with E-state index in [1.54, 1.807) is 11.3 Å². The van der Waals surface area contributed by atoms with Gasteiger partial charge in [0.25, 0.3) is 0 Å². The highest BCUT2D eigenvalue weighted by Crippen LogP contribution is 2.40. The topological polar surface area (TPSA) is 36.3 Å². The minimum absolute atomic E-state index is 0.0590. The molecule has 0 radical (unpaired) electrons. The molecule has 4 nitrogen and oxygen atoms in total. The van der Waals surface area contributed by atoms with Crippen LogP contribution in [0.1, 0.15) is 25.5 Å². The van der Waals surface area contributed by atoms with Crippen LogP contribution in [0.4, 0.5) is 0 Å². The van der Waals surface area contributed by atoms with Gasteiger partial charge in [-0.3, -0.25) is 0 Å². The van der Waals surface area contributed by atoms with Gasteiger partial charge in [-0.25, -0.2) is 4.68 Å². The number of thiophene rings is 1. The van der Waals surface area contributed by atoms with E-state index in [9.17, 15) is 0 Å². The number of fused-ring (bicyclic) bond motifs is 3. The van der Waals surface area contributed by atoms with Gasteiger partial charge in [0.15, 0.2) is 6.23 Å². The number of para-hydroxylation sites is 1. The van der Waals surface area contributed by atoms with Crippen LogP contribution < -0.4 is 4.74 Å². The predicted molar refractivity (Wildman–Crippen MR) is 100 cm³/mol. The van der Waals surface area contributed by atoms with E-state index in [-0.39, 0.29) is 6.23 Å². The lowest BCUT2D eigenvalue weighted by molar-refractivity contribution is -0.0366. The minimum Gasteiger partial charge on any atom is -0.456 e. The zero-order chi connectivity index (χ0) is 16.6. The van der Waals surface area contributed by atoms with Crippen LogP contribution in [0.15, 0.2) is 54.0 Å². The summed E-state index contributed by atoms with van der Waals surface area (Å²) in [6, 6.07) is 14.2. The Bertz CT molecular complexity index is 1020. The maximum atomic E-state index is 6.06. The van der Waals surface area contributed by atoms with E-state index in [2.05, 4.69) is 22.6 Å². The summed E-state index contributed by atoms with van der Waals surface area (Å²) in [6.45, 7) is 0.822. The molecule has 1 atom stereocenters. The Labute approximate surface area is 149 Å². The largest absolute Gasteiger partial charge is 0.456 e. The quantitative estimate of drug-likeness (QED) is 0.472. The van der Waals surface area contributed by atoms with Crippen molar-refractivity contribution in [1.29, 1.82) is 0 Å². The zero-order valence-electron chi connectivity index (χ0n) is 13.7. The number of nitrogens with zero attached hydrogens (tertiary/aromatic N) is 2. The Balaban J connectivity index is 1.56. The highest BCUT2D eigenvalue weighted by atomic mass is 32.1. The fourth-order valence-electron chi connectivity index (χ4n) is 3.43. The van der Waals surface area contributed by atoms with Crippen molar-refractivity contribution < 1.29 is 9.47 Å². The Morgan fingerprint density at radius 3 is 2.84 bits per heavy atom. The third kappa shape index (κ3) is 2.60. The molecule has 126 valence electrons. The van der Waals surface area contributed by atoms with E-state index in [1.807, 2.05) is 41.2 Å². The fourth-order valence-corrected chi connectivity index (χ4v) is 4.41. The molecule has 5 heteroatoms. The molecular weight excluding hydrogens is 332 g/mol. The zero-order valence-corrected chi connectivity index (χ0v) is 14.5. The lowest BCUT2D eigenvalue weighted by atomic mass is 10.1. The van der Waals surface area contributed by atoms with Crippen LogP contribution in [0.3, 0.4) is 0 Å². The summed E-state index contributed by atoms with van der Waals surface area (Å²) in [5, 5.41) is 8.99. The third-order valence-corrected chi connectivity index (χ3v) is 5.69. The number of aromatic nitrogens is 2. The second kappa shape index (κ2) is 6.17. The van der Waals surface area contributed by atoms with E-state index >= 15 is 0 Å². The van der Waals surface area contributed by atoms with Gasteiger partial charge in [-0.15, -0.1) is 11.3 Å². The molecule has 25 heavy (non-hydrogen) atoms. The molecule has 0 aliphatic carbocycles. The monoisotopic (exact) mass is 350 g/mol. The summed E-state index contributed by atoms with van der Waals surface area (Å²) in [5.41, 5.74) is 1.13. The first-order chi connectivity index (χ1) is 12.4. The molecule has 0 bridgehead atoms. The minimum atomic E-state index is 0.0590. The van der Waals surface area contributed by atoms with Crippen LogP contribution in [0.5, 0.6) is 11.5 Å². The van der Waals surface area contributed by atoms with Crippen molar-refractivity contribution >= 4 is 32.3 Å². The molecule has 1 fully saturated rings. The van der Waals surface area contributed by atoms with Gasteiger partial charge in [-0.05, 0) is 43.5 Å². The van der Waals surface area contributed by atoms with Gasteiger partial charge in [0, 0.05) is 27.5 Å². The number of hydrogen-bond acceptors (Lipinski definition) is 4. The summed E-state index contributed by atoms with van der Waals surface area (Å²) >= 11 is 1.70. The van der Waals surface area contributed by atoms with Gasteiger partial charge in [0.1, 0.15) is 11.5 Å². The Morgan fingerprint density at radius 2 is 2.00 bits per heavy atom. The maximum Gasteiger partial charge on any atom is 0.150 e.